The first-order valence-corrected chi connectivity index (χ1v) is 9.81. The van der Waals surface area contributed by atoms with Gasteiger partial charge in [-0.2, -0.15) is 0 Å². The number of benzene rings is 2. The number of methoxy groups -OCH3 is 1. The Bertz CT molecular complexity index is 726. The van der Waals surface area contributed by atoms with Gasteiger partial charge in [-0.15, -0.1) is 0 Å². The van der Waals surface area contributed by atoms with E-state index in [1.807, 2.05) is 36.4 Å². The van der Waals surface area contributed by atoms with Crippen molar-refractivity contribution in [1.29, 1.82) is 0 Å². The predicted octanol–water partition coefficient (Wildman–Crippen LogP) is -0.0516. The van der Waals surface area contributed by atoms with Crippen molar-refractivity contribution in [3.05, 3.63) is 64.7 Å². The lowest BCUT2D eigenvalue weighted by Crippen LogP contribution is -3.28. The Kier molecular flexibility index (Phi) is 7.10. The molecule has 0 radical (unpaired) electrons. The number of hydrogen-bond acceptors (Lipinski definition) is 2. The van der Waals surface area contributed by atoms with Gasteiger partial charge in [0.05, 0.1) is 7.11 Å². The van der Waals surface area contributed by atoms with Crippen molar-refractivity contribution >= 4 is 17.5 Å². The van der Waals surface area contributed by atoms with E-state index >= 15 is 0 Å². The van der Waals surface area contributed by atoms with E-state index in [1.165, 1.54) is 10.5 Å². The maximum atomic E-state index is 12.2. The van der Waals surface area contributed by atoms with Crippen molar-refractivity contribution in [3.8, 4) is 5.75 Å². The second kappa shape index (κ2) is 9.74. The Morgan fingerprint density at radius 1 is 0.963 bits per heavy atom. The molecule has 1 saturated heterocycles. The molecule has 6 heteroatoms. The van der Waals surface area contributed by atoms with Crippen LogP contribution in [0.3, 0.4) is 0 Å². The molecule has 1 aliphatic heterocycles. The number of nitrogens with one attached hydrogen (secondary N) is 3. The Morgan fingerprint density at radius 3 is 2.19 bits per heavy atom. The van der Waals surface area contributed by atoms with E-state index in [1.54, 1.807) is 12.0 Å². The van der Waals surface area contributed by atoms with Crippen LogP contribution in [0.25, 0.3) is 0 Å². The molecule has 27 heavy (non-hydrogen) atoms. The van der Waals surface area contributed by atoms with Gasteiger partial charge in [0.1, 0.15) is 38.5 Å². The summed E-state index contributed by atoms with van der Waals surface area (Å²) in [5.74, 6) is 0.940. The van der Waals surface area contributed by atoms with E-state index in [0.717, 1.165) is 49.1 Å². The number of piperazine rings is 1. The van der Waals surface area contributed by atoms with Crippen LogP contribution < -0.4 is 19.9 Å². The highest BCUT2D eigenvalue weighted by atomic mass is 35.5. The van der Waals surface area contributed by atoms with Crippen LogP contribution in [0.2, 0.25) is 5.02 Å². The van der Waals surface area contributed by atoms with E-state index in [2.05, 4.69) is 17.4 Å². The fourth-order valence-electron chi connectivity index (χ4n) is 3.44. The number of quaternary nitrogens is 2. The molecule has 3 rings (SSSR count). The molecule has 0 atom stereocenters. The van der Waals surface area contributed by atoms with Gasteiger partial charge in [-0.1, -0.05) is 35.9 Å². The van der Waals surface area contributed by atoms with E-state index in [-0.39, 0.29) is 5.91 Å². The van der Waals surface area contributed by atoms with Gasteiger partial charge in [-0.05, 0) is 29.8 Å². The Balaban J connectivity index is 1.36. The van der Waals surface area contributed by atoms with Gasteiger partial charge < -0.3 is 19.9 Å². The number of hydrogen-bond donors (Lipinski definition) is 3. The van der Waals surface area contributed by atoms with Gasteiger partial charge in [0.2, 0.25) is 0 Å². The number of amides is 1. The lowest BCUT2D eigenvalue weighted by molar-refractivity contribution is -1.02. The molecule has 2 aromatic carbocycles. The Hall–Kier alpha value is -2.08. The first-order chi connectivity index (χ1) is 13.1. The van der Waals surface area contributed by atoms with Gasteiger partial charge in [-0.25, -0.2) is 0 Å². The molecular formula is C21H28ClN3O2+2. The number of ether oxygens (including phenoxy) is 1. The molecule has 144 valence electrons. The summed E-state index contributed by atoms with van der Waals surface area (Å²) in [4.78, 5) is 15.2. The SMILES string of the molecule is COc1ccc(CNC(=O)C[NH+]2CC[NH+](Cc3ccc(Cl)cc3)CC2)cc1. The first-order valence-electron chi connectivity index (χ1n) is 9.43. The van der Waals surface area contributed by atoms with Crippen LogP contribution in [-0.4, -0.2) is 45.7 Å². The lowest BCUT2D eigenvalue weighted by atomic mass is 10.2. The van der Waals surface area contributed by atoms with Crippen LogP contribution in [0.15, 0.2) is 48.5 Å². The third-order valence-corrected chi connectivity index (χ3v) is 5.34. The highest BCUT2D eigenvalue weighted by Crippen LogP contribution is 2.11. The maximum Gasteiger partial charge on any atom is 0.275 e. The molecule has 5 nitrogen and oxygen atoms in total. The number of carbonyl (C=O) groups is 1. The third kappa shape index (κ3) is 6.24. The minimum absolute atomic E-state index is 0.113. The number of rotatable bonds is 7. The largest absolute Gasteiger partial charge is 0.497 e. The standard InChI is InChI=1S/C21H26ClN3O2/c1-27-20-8-4-17(5-9-20)14-23-21(26)16-25-12-10-24(11-13-25)15-18-2-6-19(22)7-3-18/h2-9H,10-16H2,1H3,(H,23,26)/p+2. The van der Waals surface area contributed by atoms with Gasteiger partial charge in [0.15, 0.2) is 6.54 Å². The average molecular weight is 390 g/mol. The molecule has 0 aromatic heterocycles. The summed E-state index contributed by atoms with van der Waals surface area (Å²) in [7, 11) is 1.65. The highest BCUT2D eigenvalue weighted by Gasteiger charge is 2.24. The second-order valence-electron chi connectivity index (χ2n) is 7.10. The van der Waals surface area contributed by atoms with E-state index in [9.17, 15) is 4.79 Å². The zero-order chi connectivity index (χ0) is 19.1. The molecule has 0 aliphatic carbocycles. The van der Waals surface area contributed by atoms with Gasteiger partial charge in [0.25, 0.3) is 5.91 Å². The summed E-state index contributed by atoms with van der Waals surface area (Å²) in [5, 5.41) is 3.80. The summed E-state index contributed by atoms with van der Waals surface area (Å²) < 4.78 is 5.15. The van der Waals surface area contributed by atoms with Crippen molar-refractivity contribution in [1.82, 2.24) is 5.32 Å². The smallest absolute Gasteiger partial charge is 0.275 e. The van der Waals surface area contributed by atoms with E-state index in [0.29, 0.717) is 13.1 Å². The molecule has 0 saturated carbocycles. The fourth-order valence-corrected chi connectivity index (χ4v) is 3.56. The minimum Gasteiger partial charge on any atom is -0.497 e. The second-order valence-corrected chi connectivity index (χ2v) is 7.54. The van der Waals surface area contributed by atoms with Crippen LogP contribution in [0, 0.1) is 0 Å². The molecule has 1 amide bonds. The molecule has 0 bridgehead atoms. The van der Waals surface area contributed by atoms with Gasteiger partial charge in [0, 0.05) is 17.1 Å². The van der Waals surface area contributed by atoms with Crippen molar-refractivity contribution in [3.63, 3.8) is 0 Å². The topological polar surface area (TPSA) is 47.2 Å². The summed E-state index contributed by atoms with van der Waals surface area (Å²) >= 11 is 5.95. The summed E-state index contributed by atoms with van der Waals surface area (Å²) in [5.41, 5.74) is 2.39. The average Bonchev–Trinajstić information content (AvgIpc) is 2.70. The molecular weight excluding hydrogens is 362 g/mol. The van der Waals surface area contributed by atoms with Crippen LogP contribution in [0.4, 0.5) is 0 Å². The molecule has 0 spiro atoms. The van der Waals surface area contributed by atoms with Gasteiger partial charge >= 0.3 is 0 Å². The zero-order valence-electron chi connectivity index (χ0n) is 15.8. The quantitative estimate of drug-likeness (QED) is 0.622. The predicted molar refractivity (Wildman–Crippen MR) is 106 cm³/mol. The normalized spacial score (nSPS) is 19.5. The minimum atomic E-state index is 0.113. The van der Waals surface area contributed by atoms with Crippen molar-refractivity contribution in [2.24, 2.45) is 0 Å². The molecule has 0 unspecified atom stereocenters. The lowest BCUT2D eigenvalue weighted by Gasteiger charge is -2.29. The van der Waals surface area contributed by atoms with Crippen molar-refractivity contribution < 1.29 is 19.3 Å². The van der Waals surface area contributed by atoms with E-state index in [4.69, 9.17) is 16.3 Å². The summed E-state index contributed by atoms with van der Waals surface area (Å²) in [6.45, 7) is 6.35. The highest BCUT2D eigenvalue weighted by molar-refractivity contribution is 6.30. The Labute approximate surface area is 165 Å². The molecule has 1 aliphatic rings. The Morgan fingerprint density at radius 2 is 1.56 bits per heavy atom. The third-order valence-electron chi connectivity index (χ3n) is 5.09. The summed E-state index contributed by atoms with van der Waals surface area (Å²) in [6, 6.07) is 15.9. The monoisotopic (exact) mass is 389 g/mol. The fraction of sp³-hybridized carbons (Fsp3) is 0.381. The van der Waals surface area contributed by atoms with Crippen molar-refractivity contribution in [2.75, 3.05) is 39.8 Å². The summed E-state index contributed by atoms with van der Waals surface area (Å²) in [6.07, 6.45) is 0. The number of carbonyl (C=O) groups excluding carboxylic acids is 1. The maximum absolute atomic E-state index is 12.2. The number of halogens is 1. The van der Waals surface area contributed by atoms with E-state index < -0.39 is 0 Å². The first kappa shape index (κ1) is 19.7. The zero-order valence-corrected chi connectivity index (χ0v) is 16.5. The molecule has 1 heterocycles. The van der Waals surface area contributed by atoms with Gasteiger partial charge in [-0.3, -0.25) is 4.79 Å². The molecule has 2 aromatic rings. The van der Waals surface area contributed by atoms with Crippen LogP contribution >= 0.6 is 11.6 Å². The molecule has 3 N–H and O–H groups in total. The van der Waals surface area contributed by atoms with Crippen LogP contribution in [-0.2, 0) is 17.9 Å². The van der Waals surface area contributed by atoms with Crippen LogP contribution in [0.1, 0.15) is 11.1 Å². The van der Waals surface area contributed by atoms with Crippen molar-refractivity contribution in [2.45, 2.75) is 13.1 Å². The van der Waals surface area contributed by atoms with Crippen LogP contribution in [0.5, 0.6) is 5.75 Å². The molecule has 1 fully saturated rings.